The molecule has 2 aromatic rings. The summed E-state index contributed by atoms with van der Waals surface area (Å²) in [7, 11) is -4.67. The number of hydrogen-bond donors (Lipinski definition) is 1. The number of nitro groups is 2. The van der Waals surface area contributed by atoms with Gasteiger partial charge in [0.1, 0.15) is 0 Å². The van der Waals surface area contributed by atoms with Crippen molar-refractivity contribution < 1.29 is 24.2 Å². The Morgan fingerprint density at radius 3 is 2.17 bits per heavy atom. The molecule has 0 amide bonds. The van der Waals surface area contributed by atoms with E-state index in [4.69, 9.17) is 2.51 Å². The molecule has 0 fully saturated rings. The van der Waals surface area contributed by atoms with Crippen molar-refractivity contribution in [2.24, 2.45) is 0 Å². The van der Waals surface area contributed by atoms with Crippen LogP contribution in [-0.2, 0) is 12.6 Å². The molecule has 0 radical (unpaired) electrons. The average Bonchev–Trinajstić information content (AvgIpc) is 2.54. The van der Waals surface area contributed by atoms with Gasteiger partial charge in [0.15, 0.2) is 0 Å². The monoisotopic (exact) mass is 468 g/mol. The van der Waals surface area contributed by atoms with Gasteiger partial charge in [-0.05, 0) is 0 Å². The summed E-state index contributed by atoms with van der Waals surface area (Å²) < 4.78 is 39.4. The quantitative estimate of drug-likeness (QED) is 0.386. The van der Waals surface area contributed by atoms with Crippen molar-refractivity contribution in [3.63, 3.8) is 0 Å². The number of halogens is 1. The molecule has 0 unspecified atom stereocenters. The zero-order valence-corrected chi connectivity index (χ0v) is 14.6. The molecule has 0 saturated carbocycles. The number of benzene rings is 2. The van der Waals surface area contributed by atoms with E-state index in [0.717, 1.165) is 6.07 Å². The first-order chi connectivity index (χ1) is 11.2. The predicted molar refractivity (Wildman–Crippen MR) is 89.4 cm³/mol. The molecule has 0 aliphatic heterocycles. The Labute approximate surface area is 143 Å². The van der Waals surface area contributed by atoms with Crippen molar-refractivity contribution in [2.75, 3.05) is 0 Å². The van der Waals surface area contributed by atoms with Crippen LogP contribution in [0.2, 0.25) is 0 Å². The number of non-ortho nitro benzene ring substituents is 1. The van der Waals surface area contributed by atoms with E-state index < -0.39 is 56.9 Å². The molecule has 0 aliphatic rings. The van der Waals surface area contributed by atoms with Crippen LogP contribution < -0.4 is 0 Å². The molecular formula is C12H9IN2O8S. The third kappa shape index (κ3) is 4.02. The van der Waals surface area contributed by atoms with Crippen LogP contribution in [0, 0.1) is 23.8 Å². The molecule has 0 atom stereocenters. The van der Waals surface area contributed by atoms with Crippen LogP contribution in [0.3, 0.4) is 0 Å². The van der Waals surface area contributed by atoms with Gasteiger partial charge in [-0.15, -0.1) is 0 Å². The predicted octanol–water partition coefficient (Wildman–Crippen LogP) is 2.41. The van der Waals surface area contributed by atoms with E-state index in [-0.39, 0.29) is 3.57 Å². The Kier molecular flexibility index (Phi) is 5.43. The fourth-order valence-corrected chi connectivity index (χ4v) is 6.15. The van der Waals surface area contributed by atoms with Gasteiger partial charge < -0.3 is 0 Å². The number of hydrogen-bond acceptors (Lipinski definition) is 8. The Bertz CT molecular complexity index is 887. The van der Waals surface area contributed by atoms with Gasteiger partial charge in [-0.25, -0.2) is 0 Å². The zero-order valence-electron chi connectivity index (χ0n) is 11.6. The maximum atomic E-state index is 12.2. The molecule has 24 heavy (non-hydrogen) atoms. The minimum atomic E-state index is -4.67. The van der Waals surface area contributed by atoms with Crippen molar-refractivity contribution in [2.45, 2.75) is 4.90 Å². The molecule has 0 aromatic heterocycles. The molecule has 12 heteroatoms. The van der Waals surface area contributed by atoms with Crippen LogP contribution >= 0.6 is 20.6 Å². The SMILES string of the molecule is O=[N+]([O-])c1ccc(S(=O)(=O)OI(O)c2ccccc2)c([N+](=O)[O-])c1. The summed E-state index contributed by atoms with van der Waals surface area (Å²) in [4.78, 5) is 18.9. The van der Waals surface area contributed by atoms with Crippen LogP contribution in [-0.4, -0.2) is 21.7 Å². The molecule has 0 saturated heterocycles. The van der Waals surface area contributed by atoms with Crippen molar-refractivity contribution in [1.82, 2.24) is 0 Å². The van der Waals surface area contributed by atoms with Crippen LogP contribution in [0.15, 0.2) is 53.4 Å². The van der Waals surface area contributed by atoms with E-state index in [1.54, 1.807) is 18.2 Å². The molecule has 1 N–H and O–H groups in total. The minimum absolute atomic E-state index is 0.273. The van der Waals surface area contributed by atoms with Gasteiger partial charge in [0, 0.05) is 0 Å². The Morgan fingerprint density at radius 2 is 1.62 bits per heavy atom. The molecular weight excluding hydrogens is 459 g/mol. The Morgan fingerprint density at radius 1 is 1.00 bits per heavy atom. The van der Waals surface area contributed by atoms with E-state index in [9.17, 15) is 32.1 Å². The first-order valence-corrected chi connectivity index (χ1v) is 10.4. The van der Waals surface area contributed by atoms with Crippen LogP contribution in [0.5, 0.6) is 0 Å². The molecule has 0 bridgehead atoms. The standard InChI is InChI=1S/C12H9IN2O8S/c16-13(9-4-2-1-3-5-9)23-24(21,22)12-7-6-10(14(17)18)8-11(12)15(19)20/h1-8,16H. The van der Waals surface area contributed by atoms with Gasteiger partial charge in [-0.3, -0.25) is 0 Å². The summed E-state index contributed by atoms with van der Waals surface area (Å²) in [5, 5.41) is 21.7. The second-order valence-corrected chi connectivity index (χ2v) is 9.32. The fourth-order valence-electron chi connectivity index (χ4n) is 1.64. The van der Waals surface area contributed by atoms with Crippen LogP contribution in [0.4, 0.5) is 11.4 Å². The summed E-state index contributed by atoms with van der Waals surface area (Å²) in [6.07, 6.45) is 0. The third-order valence-corrected chi connectivity index (χ3v) is 8.08. The van der Waals surface area contributed by atoms with E-state index in [0.29, 0.717) is 12.1 Å². The molecule has 0 aliphatic carbocycles. The van der Waals surface area contributed by atoms with Gasteiger partial charge in [-0.1, -0.05) is 0 Å². The van der Waals surface area contributed by atoms with E-state index in [1.807, 2.05) is 0 Å². The second-order valence-electron chi connectivity index (χ2n) is 4.21. The summed E-state index contributed by atoms with van der Waals surface area (Å²) in [5.74, 6) is 0. The van der Waals surface area contributed by atoms with Gasteiger partial charge in [0.2, 0.25) is 0 Å². The zero-order chi connectivity index (χ0) is 17.9. The number of nitrogens with zero attached hydrogens (tertiary/aromatic N) is 2. The van der Waals surface area contributed by atoms with Crippen molar-refractivity contribution >= 4 is 42.1 Å². The van der Waals surface area contributed by atoms with Crippen molar-refractivity contribution in [3.8, 4) is 0 Å². The van der Waals surface area contributed by atoms with Gasteiger partial charge in [-0.2, -0.15) is 0 Å². The third-order valence-electron chi connectivity index (χ3n) is 2.68. The van der Waals surface area contributed by atoms with Gasteiger partial charge in [0.05, 0.1) is 0 Å². The van der Waals surface area contributed by atoms with Crippen LogP contribution in [0.1, 0.15) is 0 Å². The molecule has 128 valence electrons. The van der Waals surface area contributed by atoms with E-state index in [2.05, 4.69) is 0 Å². The summed E-state index contributed by atoms with van der Waals surface area (Å²) >= 11 is -3.58. The van der Waals surface area contributed by atoms with Gasteiger partial charge in [0.25, 0.3) is 0 Å². The second kappa shape index (κ2) is 7.16. The van der Waals surface area contributed by atoms with Crippen LogP contribution in [0.25, 0.3) is 0 Å². The topological polar surface area (TPSA) is 150 Å². The molecule has 10 nitrogen and oxygen atoms in total. The van der Waals surface area contributed by atoms with Gasteiger partial charge >= 0.3 is 144 Å². The number of rotatable bonds is 6. The maximum absolute atomic E-state index is 12.2. The van der Waals surface area contributed by atoms with Crippen molar-refractivity contribution in [1.29, 1.82) is 0 Å². The molecule has 0 heterocycles. The molecule has 2 aromatic carbocycles. The first-order valence-electron chi connectivity index (χ1n) is 6.04. The molecule has 2 rings (SSSR count). The normalized spacial score (nSPS) is 11.8. The Hall–Kier alpha value is -2.16. The summed E-state index contributed by atoms with van der Waals surface area (Å²) in [6.45, 7) is 0. The van der Waals surface area contributed by atoms with Crippen molar-refractivity contribution in [3.05, 3.63) is 72.3 Å². The summed E-state index contributed by atoms with van der Waals surface area (Å²) in [6, 6.07) is 9.76. The molecule has 0 spiro atoms. The Balaban J connectivity index is 2.42. The number of nitro benzene ring substituents is 2. The average molecular weight is 468 g/mol. The summed E-state index contributed by atoms with van der Waals surface area (Å²) in [5.41, 5.74) is -1.63. The van der Waals surface area contributed by atoms with E-state index >= 15 is 0 Å². The fraction of sp³-hybridized carbons (Fsp3) is 0. The first kappa shape index (κ1) is 18.2. The van der Waals surface area contributed by atoms with E-state index in [1.165, 1.54) is 12.1 Å².